The largest absolute Gasteiger partial charge is 0.417 e. The Bertz CT molecular complexity index is 755. The normalized spacial score (nSPS) is 23.1. The molecule has 2 aliphatic heterocycles. The maximum atomic E-state index is 13.5. The minimum atomic E-state index is -4.35. The average Bonchev–Trinajstić information content (AvgIpc) is 2.76. The lowest BCUT2D eigenvalue weighted by Gasteiger charge is -2.20. The molecule has 2 N–H and O–H groups in total. The molecule has 2 aromatic rings. The third-order valence-electron chi connectivity index (χ3n) is 5.09. The van der Waals surface area contributed by atoms with E-state index in [1.54, 1.807) is 12.1 Å². The van der Waals surface area contributed by atoms with Crippen LogP contribution in [-0.4, -0.2) is 19.1 Å². The average molecular weight is 332 g/mol. The summed E-state index contributed by atoms with van der Waals surface area (Å²) in [7, 11) is 0. The van der Waals surface area contributed by atoms with Gasteiger partial charge in [0.05, 0.1) is 5.56 Å². The Morgan fingerprint density at radius 3 is 2.46 bits per heavy atom. The van der Waals surface area contributed by atoms with Crippen LogP contribution in [0.1, 0.15) is 29.9 Å². The lowest BCUT2D eigenvalue weighted by atomic mass is 9.85. The van der Waals surface area contributed by atoms with Gasteiger partial charge in [0.2, 0.25) is 0 Å². The topological polar surface area (TPSA) is 24.1 Å². The summed E-state index contributed by atoms with van der Waals surface area (Å²) in [5.41, 5.74) is 2.46. The van der Waals surface area contributed by atoms with Crippen molar-refractivity contribution in [3.63, 3.8) is 0 Å². The van der Waals surface area contributed by atoms with E-state index in [4.69, 9.17) is 0 Å². The maximum absolute atomic E-state index is 13.5. The van der Waals surface area contributed by atoms with Crippen LogP contribution in [0.5, 0.6) is 0 Å². The Kier molecular flexibility index (Phi) is 3.76. The SMILES string of the molecule is FC(F)(F)c1ccccc1-c1cccc2c1[C@H]1CCNCC[C@@H]1N2. The Morgan fingerprint density at radius 1 is 0.875 bits per heavy atom. The molecule has 126 valence electrons. The molecule has 1 saturated heterocycles. The molecule has 0 unspecified atom stereocenters. The Labute approximate surface area is 139 Å². The van der Waals surface area contributed by atoms with Gasteiger partial charge in [-0.1, -0.05) is 30.3 Å². The molecule has 0 saturated carbocycles. The van der Waals surface area contributed by atoms with Crippen molar-refractivity contribution in [3.05, 3.63) is 53.6 Å². The molecule has 2 aromatic carbocycles. The summed E-state index contributed by atoms with van der Waals surface area (Å²) in [6.45, 7) is 1.84. The molecule has 2 aliphatic rings. The molecule has 0 amide bonds. The summed E-state index contributed by atoms with van der Waals surface area (Å²) < 4.78 is 40.4. The molecule has 0 bridgehead atoms. The summed E-state index contributed by atoms with van der Waals surface area (Å²) >= 11 is 0. The van der Waals surface area contributed by atoms with E-state index in [2.05, 4.69) is 10.6 Å². The van der Waals surface area contributed by atoms with Crippen LogP contribution in [-0.2, 0) is 6.18 Å². The van der Waals surface area contributed by atoms with Gasteiger partial charge in [-0.2, -0.15) is 13.2 Å². The van der Waals surface area contributed by atoms with Crippen LogP contribution in [0.2, 0.25) is 0 Å². The van der Waals surface area contributed by atoms with Crippen LogP contribution < -0.4 is 10.6 Å². The Morgan fingerprint density at radius 2 is 1.62 bits per heavy atom. The second-order valence-electron chi connectivity index (χ2n) is 6.49. The molecule has 24 heavy (non-hydrogen) atoms. The van der Waals surface area contributed by atoms with Gasteiger partial charge in [0, 0.05) is 17.6 Å². The lowest BCUT2D eigenvalue weighted by Crippen LogP contribution is -2.21. The second-order valence-corrected chi connectivity index (χ2v) is 6.49. The van der Waals surface area contributed by atoms with Gasteiger partial charge < -0.3 is 10.6 Å². The van der Waals surface area contributed by atoms with Gasteiger partial charge in [0.25, 0.3) is 0 Å². The van der Waals surface area contributed by atoms with E-state index in [9.17, 15) is 13.2 Å². The number of nitrogens with one attached hydrogen (secondary N) is 2. The van der Waals surface area contributed by atoms with Crippen molar-refractivity contribution in [1.29, 1.82) is 0 Å². The van der Waals surface area contributed by atoms with Gasteiger partial charge in [-0.15, -0.1) is 0 Å². The van der Waals surface area contributed by atoms with E-state index in [-0.39, 0.29) is 11.5 Å². The predicted molar refractivity (Wildman–Crippen MR) is 89.1 cm³/mol. The van der Waals surface area contributed by atoms with Crippen molar-refractivity contribution in [2.45, 2.75) is 31.0 Å². The van der Waals surface area contributed by atoms with Crippen molar-refractivity contribution < 1.29 is 13.2 Å². The zero-order valence-corrected chi connectivity index (χ0v) is 13.2. The van der Waals surface area contributed by atoms with Crippen LogP contribution in [0.4, 0.5) is 18.9 Å². The third kappa shape index (κ3) is 2.57. The van der Waals surface area contributed by atoms with Gasteiger partial charge in [-0.25, -0.2) is 0 Å². The molecule has 4 rings (SSSR count). The quantitative estimate of drug-likeness (QED) is 0.795. The first-order chi connectivity index (χ1) is 11.6. The fraction of sp³-hybridized carbons (Fsp3) is 0.368. The first-order valence-corrected chi connectivity index (χ1v) is 8.32. The molecule has 2 heterocycles. The number of rotatable bonds is 1. The molecular weight excluding hydrogens is 313 g/mol. The number of hydrogen-bond donors (Lipinski definition) is 2. The minimum Gasteiger partial charge on any atom is -0.381 e. The van der Waals surface area contributed by atoms with Crippen LogP contribution >= 0.6 is 0 Å². The van der Waals surface area contributed by atoms with Crippen molar-refractivity contribution in [2.24, 2.45) is 0 Å². The van der Waals surface area contributed by atoms with E-state index in [1.807, 2.05) is 18.2 Å². The molecule has 2 nitrogen and oxygen atoms in total. The standard InChI is InChI=1S/C19H19F3N2/c20-19(21,22)15-6-2-1-4-12(15)13-5-3-7-17-18(13)14-8-10-23-11-9-16(14)24-17/h1-7,14,16,23-24H,8-11H2/t14-,16-/m0/s1. The highest BCUT2D eigenvalue weighted by atomic mass is 19.4. The fourth-order valence-corrected chi connectivity index (χ4v) is 4.05. The van der Waals surface area contributed by atoms with Gasteiger partial charge in [-0.05, 0) is 54.8 Å². The van der Waals surface area contributed by atoms with E-state index in [0.717, 1.165) is 37.2 Å². The molecule has 0 aromatic heterocycles. The summed E-state index contributed by atoms with van der Waals surface area (Å²) in [5, 5.41) is 6.91. The van der Waals surface area contributed by atoms with Crippen molar-refractivity contribution in [1.82, 2.24) is 5.32 Å². The highest BCUT2D eigenvalue weighted by Crippen LogP contribution is 2.47. The van der Waals surface area contributed by atoms with Crippen LogP contribution in [0.15, 0.2) is 42.5 Å². The first kappa shape index (κ1) is 15.5. The molecule has 2 atom stereocenters. The third-order valence-corrected chi connectivity index (χ3v) is 5.09. The van der Waals surface area contributed by atoms with Gasteiger partial charge in [0.15, 0.2) is 0 Å². The van der Waals surface area contributed by atoms with Crippen LogP contribution in [0, 0.1) is 0 Å². The fourth-order valence-electron chi connectivity index (χ4n) is 4.05. The van der Waals surface area contributed by atoms with Gasteiger partial charge in [-0.3, -0.25) is 0 Å². The zero-order valence-electron chi connectivity index (χ0n) is 13.2. The molecule has 0 aliphatic carbocycles. The highest BCUT2D eigenvalue weighted by molar-refractivity contribution is 5.79. The van der Waals surface area contributed by atoms with Gasteiger partial charge in [0.1, 0.15) is 0 Å². The molecule has 5 heteroatoms. The molecule has 1 fully saturated rings. The Hall–Kier alpha value is -2.01. The number of hydrogen-bond acceptors (Lipinski definition) is 2. The summed E-state index contributed by atoms with van der Waals surface area (Å²) in [6, 6.07) is 11.8. The number of alkyl halides is 3. The number of anilines is 1. The van der Waals surface area contributed by atoms with E-state index in [0.29, 0.717) is 11.6 Å². The van der Waals surface area contributed by atoms with Crippen molar-refractivity contribution in [3.8, 4) is 11.1 Å². The first-order valence-electron chi connectivity index (χ1n) is 8.32. The minimum absolute atomic E-state index is 0.257. The summed E-state index contributed by atoms with van der Waals surface area (Å²) in [6.07, 6.45) is -2.43. The smallest absolute Gasteiger partial charge is 0.381 e. The Balaban J connectivity index is 1.87. The summed E-state index contributed by atoms with van der Waals surface area (Å²) in [4.78, 5) is 0. The van der Waals surface area contributed by atoms with E-state index < -0.39 is 11.7 Å². The number of fused-ring (bicyclic) bond motifs is 3. The van der Waals surface area contributed by atoms with E-state index in [1.165, 1.54) is 12.1 Å². The van der Waals surface area contributed by atoms with Crippen LogP contribution in [0.25, 0.3) is 11.1 Å². The molecular formula is C19H19F3N2. The highest BCUT2D eigenvalue weighted by Gasteiger charge is 2.38. The van der Waals surface area contributed by atoms with Gasteiger partial charge >= 0.3 is 6.18 Å². The number of halogens is 3. The summed E-state index contributed by atoms with van der Waals surface area (Å²) in [5.74, 6) is 0.257. The molecule has 0 spiro atoms. The van der Waals surface area contributed by atoms with Crippen molar-refractivity contribution >= 4 is 5.69 Å². The van der Waals surface area contributed by atoms with Crippen LogP contribution in [0.3, 0.4) is 0 Å². The second kappa shape index (κ2) is 5.81. The number of benzene rings is 2. The van der Waals surface area contributed by atoms with Crippen molar-refractivity contribution in [2.75, 3.05) is 18.4 Å². The maximum Gasteiger partial charge on any atom is 0.417 e. The zero-order chi connectivity index (χ0) is 16.7. The van der Waals surface area contributed by atoms with E-state index >= 15 is 0 Å². The lowest BCUT2D eigenvalue weighted by molar-refractivity contribution is -0.137. The predicted octanol–water partition coefficient (Wildman–Crippen LogP) is 4.63. The monoisotopic (exact) mass is 332 g/mol. The molecule has 0 radical (unpaired) electrons.